The summed E-state index contributed by atoms with van der Waals surface area (Å²) in [5, 5.41) is 0. The van der Waals surface area contributed by atoms with Crippen molar-refractivity contribution in [2.75, 3.05) is 31.1 Å². The molecular formula is C18H20N2O2. The minimum atomic E-state index is 0.134. The number of benzene rings is 1. The Morgan fingerprint density at radius 1 is 1.00 bits per heavy atom. The lowest BCUT2D eigenvalue weighted by Gasteiger charge is -2.36. The summed E-state index contributed by atoms with van der Waals surface area (Å²) in [6.07, 6.45) is 2.62. The van der Waals surface area contributed by atoms with Gasteiger partial charge in [-0.1, -0.05) is 18.2 Å². The summed E-state index contributed by atoms with van der Waals surface area (Å²) in [4.78, 5) is 16.9. The van der Waals surface area contributed by atoms with Crippen LogP contribution in [0.3, 0.4) is 0 Å². The zero-order chi connectivity index (χ0) is 14.9. The van der Waals surface area contributed by atoms with Crippen molar-refractivity contribution < 1.29 is 9.21 Å². The number of rotatable bonds is 3. The van der Waals surface area contributed by atoms with Crippen molar-refractivity contribution in [2.45, 2.75) is 12.3 Å². The van der Waals surface area contributed by atoms with Crippen molar-refractivity contribution in [3.63, 3.8) is 0 Å². The fourth-order valence-electron chi connectivity index (χ4n) is 3.34. The minimum Gasteiger partial charge on any atom is -0.469 e. The third-order valence-electron chi connectivity index (χ3n) is 4.73. The van der Waals surface area contributed by atoms with Crippen LogP contribution in [0, 0.1) is 5.92 Å². The third kappa shape index (κ3) is 2.49. The molecule has 0 N–H and O–H groups in total. The van der Waals surface area contributed by atoms with Crippen LogP contribution in [0.15, 0.2) is 53.1 Å². The van der Waals surface area contributed by atoms with Gasteiger partial charge in [0, 0.05) is 43.7 Å². The van der Waals surface area contributed by atoms with Gasteiger partial charge in [0.2, 0.25) is 5.91 Å². The maximum Gasteiger partial charge on any atom is 0.226 e. The van der Waals surface area contributed by atoms with Crippen LogP contribution >= 0.6 is 0 Å². The largest absolute Gasteiger partial charge is 0.469 e. The van der Waals surface area contributed by atoms with Crippen LogP contribution in [0.25, 0.3) is 0 Å². The van der Waals surface area contributed by atoms with Gasteiger partial charge in [-0.25, -0.2) is 0 Å². The molecule has 2 aliphatic rings. The number of hydrogen-bond acceptors (Lipinski definition) is 3. The molecule has 0 unspecified atom stereocenters. The number of para-hydroxylation sites is 1. The molecule has 2 atom stereocenters. The second kappa shape index (κ2) is 5.52. The average molecular weight is 296 g/mol. The molecule has 0 spiro atoms. The van der Waals surface area contributed by atoms with Crippen molar-refractivity contribution in [1.29, 1.82) is 0 Å². The Labute approximate surface area is 130 Å². The minimum absolute atomic E-state index is 0.134. The molecule has 1 amide bonds. The second-order valence-electron chi connectivity index (χ2n) is 6.11. The topological polar surface area (TPSA) is 36.7 Å². The van der Waals surface area contributed by atoms with E-state index in [4.69, 9.17) is 4.42 Å². The van der Waals surface area contributed by atoms with Crippen LogP contribution in [0.5, 0.6) is 0 Å². The summed E-state index contributed by atoms with van der Waals surface area (Å²) in [5.74, 6) is 1.69. The molecule has 4 nitrogen and oxygen atoms in total. The zero-order valence-corrected chi connectivity index (χ0v) is 12.5. The summed E-state index contributed by atoms with van der Waals surface area (Å²) in [5.41, 5.74) is 1.24. The normalized spacial score (nSPS) is 24.4. The summed E-state index contributed by atoms with van der Waals surface area (Å²) in [7, 11) is 0. The fraction of sp³-hybridized carbons (Fsp3) is 0.389. The van der Waals surface area contributed by atoms with Crippen molar-refractivity contribution in [1.82, 2.24) is 4.90 Å². The van der Waals surface area contributed by atoms with E-state index in [1.54, 1.807) is 6.26 Å². The van der Waals surface area contributed by atoms with E-state index in [1.165, 1.54) is 5.69 Å². The summed E-state index contributed by atoms with van der Waals surface area (Å²) in [6.45, 7) is 3.45. The van der Waals surface area contributed by atoms with Gasteiger partial charge in [0.25, 0.3) is 0 Å². The summed E-state index contributed by atoms with van der Waals surface area (Å²) < 4.78 is 5.42. The Morgan fingerprint density at radius 3 is 2.45 bits per heavy atom. The first-order chi connectivity index (χ1) is 10.8. The van der Waals surface area contributed by atoms with E-state index in [9.17, 15) is 4.79 Å². The van der Waals surface area contributed by atoms with E-state index in [-0.39, 0.29) is 5.92 Å². The quantitative estimate of drug-likeness (QED) is 0.874. The maximum absolute atomic E-state index is 12.6. The molecule has 0 radical (unpaired) electrons. The number of furan rings is 1. The Morgan fingerprint density at radius 2 is 1.77 bits per heavy atom. The molecule has 1 aliphatic heterocycles. The van der Waals surface area contributed by atoms with E-state index in [2.05, 4.69) is 29.2 Å². The van der Waals surface area contributed by atoms with Gasteiger partial charge in [0.05, 0.1) is 6.26 Å². The molecule has 1 saturated carbocycles. The summed E-state index contributed by atoms with van der Waals surface area (Å²) in [6, 6.07) is 14.3. The number of piperazine rings is 1. The molecule has 22 heavy (non-hydrogen) atoms. The van der Waals surface area contributed by atoms with Crippen LogP contribution in [0.2, 0.25) is 0 Å². The molecule has 0 bridgehead atoms. The Hall–Kier alpha value is -2.23. The average Bonchev–Trinajstić information content (AvgIpc) is 3.20. The fourth-order valence-corrected chi connectivity index (χ4v) is 3.34. The van der Waals surface area contributed by atoms with E-state index in [0.717, 1.165) is 38.4 Å². The Kier molecular flexibility index (Phi) is 3.37. The molecule has 2 aromatic rings. The molecule has 4 heteroatoms. The van der Waals surface area contributed by atoms with Crippen molar-refractivity contribution in [2.24, 2.45) is 5.92 Å². The smallest absolute Gasteiger partial charge is 0.226 e. The van der Waals surface area contributed by atoms with Gasteiger partial charge in [0.15, 0.2) is 0 Å². The molecule has 1 aliphatic carbocycles. The predicted octanol–water partition coefficient (Wildman–Crippen LogP) is 2.73. The highest BCUT2D eigenvalue weighted by Crippen LogP contribution is 2.48. The number of anilines is 1. The van der Waals surface area contributed by atoms with Gasteiger partial charge in [-0.05, 0) is 30.7 Å². The lowest BCUT2D eigenvalue weighted by Crippen LogP contribution is -2.49. The maximum atomic E-state index is 12.6. The number of nitrogens with zero attached hydrogens (tertiary/aromatic N) is 2. The number of amides is 1. The third-order valence-corrected chi connectivity index (χ3v) is 4.73. The van der Waals surface area contributed by atoms with Gasteiger partial charge in [-0.2, -0.15) is 0 Å². The van der Waals surface area contributed by atoms with Gasteiger partial charge >= 0.3 is 0 Å². The standard InChI is InChI=1S/C18H20N2O2/c21-18(16-13-15(16)17-7-4-12-22-17)20-10-8-19(9-11-20)14-5-2-1-3-6-14/h1-7,12,15-16H,8-11,13H2/t15-,16+/m1/s1. The van der Waals surface area contributed by atoms with Crippen LogP contribution in [0.4, 0.5) is 5.69 Å². The van der Waals surface area contributed by atoms with Crippen LogP contribution in [-0.2, 0) is 4.79 Å². The molecule has 2 fully saturated rings. The van der Waals surface area contributed by atoms with Gasteiger partial charge in [0.1, 0.15) is 5.76 Å². The molecule has 2 heterocycles. The second-order valence-corrected chi connectivity index (χ2v) is 6.11. The van der Waals surface area contributed by atoms with Gasteiger partial charge < -0.3 is 14.2 Å². The van der Waals surface area contributed by atoms with Gasteiger partial charge in [-0.3, -0.25) is 4.79 Å². The van der Waals surface area contributed by atoms with Crippen LogP contribution < -0.4 is 4.90 Å². The van der Waals surface area contributed by atoms with E-state index >= 15 is 0 Å². The number of hydrogen-bond donors (Lipinski definition) is 0. The first kappa shape index (κ1) is 13.4. The van der Waals surface area contributed by atoms with Crippen molar-refractivity contribution >= 4 is 11.6 Å². The molecule has 1 saturated heterocycles. The van der Waals surface area contributed by atoms with E-state index < -0.39 is 0 Å². The lowest BCUT2D eigenvalue weighted by molar-refractivity contribution is -0.133. The van der Waals surface area contributed by atoms with Gasteiger partial charge in [-0.15, -0.1) is 0 Å². The van der Waals surface area contributed by atoms with Crippen LogP contribution in [-0.4, -0.2) is 37.0 Å². The highest BCUT2D eigenvalue weighted by Gasteiger charge is 2.47. The first-order valence-corrected chi connectivity index (χ1v) is 7.95. The van der Waals surface area contributed by atoms with Crippen molar-refractivity contribution in [3.8, 4) is 0 Å². The predicted molar refractivity (Wildman–Crippen MR) is 84.8 cm³/mol. The van der Waals surface area contributed by atoms with E-state index in [0.29, 0.717) is 11.8 Å². The first-order valence-electron chi connectivity index (χ1n) is 7.95. The Bertz CT molecular complexity index is 630. The lowest BCUT2D eigenvalue weighted by atomic mass is 10.2. The number of carbonyl (C=O) groups is 1. The molecular weight excluding hydrogens is 276 g/mol. The molecule has 4 rings (SSSR count). The molecule has 114 valence electrons. The van der Waals surface area contributed by atoms with Crippen LogP contribution in [0.1, 0.15) is 18.1 Å². The Balaban J connectivity index is 1.33. The highest BCUT2D eigenvalue weighted by atomic mass is 16.3. The van der Waals surface area contributed by atoms with E-state index in [1.807, 2.05) is 23.1 Å². The zero-order valence-electron chi connectivity index (χ0n) is 12.5. The SMILES string of the molecule is O=C([C@H]1C[C@H]1c1ccco1)N1CCN(c2ccccc2)CC1. The monoisotopic (exact) mass is 296 g/mol. The van der Waals surface area contributed by atoms with Crippen molar-refractivity contribution in [3.05, 3.63) is 54.5 Å². The number of carbonyl (C=O) groups excluding carboxylic acids is 1. The molecule has 1 aromatic heterocycles. The molecule has 1 aromatic carbocycles. The highest BCUT2D eigenvalue weighted by molar-refractivity contribution is 5.83. The summed E-state index contributed by atoms with van der Waals surface area (Å²) >= 11 is 0.